The number of para-hydroxylation sites is 1. The Hall–Kier alpha value is -3.90. The van der Waals surface area contributed by atoms with Crippen LogP contribution in [-0.4, -0.2) is 59.3 Å². The Kier molecular flexibility index (Phi) is 6.26. The van der Waals surface area contributed by atoms with E-state index in [1.54, 1.807) is 4.90 Å². The molecule has 2 N–H and O–H groups in total. The Labute approximate surface area is 217 Å². The van der Waals surface area contributed by atoms with Crippen LogP contribution in [0.15, 0.2) is 72.8 Å². The van der Waals surface area contributed by atoms with Crippen molar-refractivity contribution in [3.05, 3.63) is 95.1 Å². The molecule has 2 aliphatic heterocycles. The zero-order valence-electron chi connectivity index (χ0n) is 21.2. The molecular formula is C31H32N4O2. The Balaban J connectivity index is 1.38. The number of fused-ring (bicyclic) bond motifs is 2. The minimum absolute atomic E-state index is 0.0189. The fraction of sp³-hybridized carbons (Fsp3) is 0.290. The van der Waals surface area contributed by atoms with Crippen molar-refractivity contribution in [2.24, 2.45) is 0 Å². The van der Waals surface area contributed by atoms with Gasteiger partial charge in [0.1, 0.15) is 6.54 Å². The molecule has 0 aliphatic carbocycles. The first-order valence-corrected chi connectivity index (χ1v) is 13.2. The summed E-state index contributed by atoms with van der Waals surface area (Å²) in [6.07, 6.45) is 2.45. The van der Waals surface area contributed by atoms with Crippen molar-refractivity contribution in [1.29, 1.82) is 0 Å². The number of aromatic nitrogens is 1. The molecule has 6 rings (SSSR count). The third kappa shape index (κ3) is 4.42. The van der Waals surface area contributed by atoms with Crippen molar-refractivity contribution in [1.82, 2.24) is 20.1 Å². The molecule has 1 saturated heterocycles. The lowest BCUT2D eigenvalue weighted by Gasteiger charge is -2.26. The molecular weight excluding hydrogens is 460 g/mol. The van der Waals surface area contributed by atoms with Crippen LogP contribution < -0.4 is 5.32 Å². The van der Waals surface area contributed by atoms with E-state index in [1.165, 1.54) is 18.4 Å². The van der Waals surface area contributed by atoms with E-state index < -0.39 is 0 Å². The Bertz CT molecular complexity index is 1450. The number of aromatic amines is 1. The van der Waals surface area contributed by atoms with Crippen molar-refractivity contribution < 1.29 is 9.59 Å². The van der Waals surface area contributed by atoms with Gasteiger partial charge in [0.2, 0.25) is 5.91 Å². The molecule has 1 fully saturated rings. The van der Waals surface area contributed by atoms with Gasteiger partial charge in [-0.1, -0.05) is 66.2 Å². The van der Waals surface area contributed by atoms with Gasteiger partial charge in [-0.2, -0.15) is 0 Å². The summed E-state index contributed by atoms with van der Waals surface area (Å²) in [5.74, 6) is -0.225. The second-order valence-corrected chi connectivity index (χ2v) is 10.1. The van der Waals surface area contributed by atoms with Gasteiger partial charge in [-0.25, -0.2) is 0 Å². The monoisotopic (exact) mass is 492 g/mol. The summed E-state index contributed by atoms with van der Waals surface area (Å²) in [5.41, 5.74) is 6.88. The molecule has 3 aromatic carbocycles. The summed E-state index contributed by atoms with van der Waals surface area (Å²) in [6.45, 7) is 5.74. The van der Waals surface area contributed by atoms with Crippen LogP contribution in [0.1, 0.15) is 45.9 Å². The van der Waals surface area contributed by atoms with Crippen molar-refractivity contribution in [3.63, 3.8) is 0 Å². The highest BCUT2D eigenvalue weighted by Crippen LogP contribution is 2.45. The van der Waals surface area contributed by atoms with E-state index >= 15 is 0 Å². The number of rotatable bonds is 7. The number of nitrogens with zero attached hydrogens (tertiary/aromatic N) is 2. The molecule has 0 bridgehead atoms. The number of H-pyrrole nitrogens is 1. The molecule has 0 spiro atoms. The molecule has 6 nitrogen and oxygen atoms in total. The van der Waals surface area contributed by atoms with E-state index in [2.05, 4.69) is 58.5 Å². The van der Waals surface area contributed by atoms with Crippen molar-refractivity contribution in [2.75, 3.05) is 32.7 Å². The van der Waals surface area contributed by atoms with Crippen LogP contribution in [0.2, 0.25) is 0 Å². The molecule has 4 aromatic rings. The highest BCUT2D eigenvalue weighted by molar-refractivity contribution is 6.03. The third-order valence-corrected chi connectivity index (χ3v) is 7.68. The fourth-order valence-electron chi connectivity index (χ4n) is 5.81. The van der Waals surface area contributed by atoms with Gasteiger partial charge in [-0.3, -0.25) is 9.59 Å². The summed E-state index contributed by atoms with van der Waals surface area (Å²) < 4.78 is 0. The molecule has 188 valence electrons. The summed E-state index contributed by atoms with van der Waals surface area (Å²) in [6, 6.07) is 24.0. The van der Waals surface area contributed by atoms with Crippen LogP contribution in [0.3, 0.4) is 0 Å². The molecule has 6 heteroatoms. The van der Waals surface area contributed by atoms with Gasteiger partial charge in [-0.05, 0) is 56.1 Å². The van der Waals surface area contributed by atoms with Gasteiger partial charge in [0.15, 0.2) is 0 Å². The lowest BCUT2D eigenvalue weighted by Crippen LogP contribution is -2.41. The Morgan fingerprint density at radius 1 is 0.973 bits per heavy atom. The zero-order valence-corrected chi connectivity index (χ0v) is 21.2. The molecule has 2 aliphatic rings. The van der Waals surface area contributed by atoms with E-state index in [0.29, 0.717) is 12.1 Å². The maximum atomic E-state index is 13.7. The third-order valence-electron chi connectivity index (χ3n) is 7.68. The van der Waals surface area contributed by atoms with E-state index in [0.717, 1.165) is 52.9 Å². The molecule has 0 saturated carbocycles. The normalized spacial score (nSPS) is 17.5. The number of nitrogens with one attached hydrogen (secondary N) is 2. The standard InChI is InChI=1S/C31H32N4O2/c1-21-12-14-22(15-13-21)29-28(25-10-4-5-11-26(25)33-29)30-23-8-2-3-9-24(23)31(37)35(30)20-27(36)32-16-19-34-17-6-7-18-34/h2-5,8-15,30,33H,6-7,16-20H2,1H3,(H,32,36). The smallest absolute Gasteiger partial charge is 0.255 e. The van der Waals surface area contributed by atoms with Crippen LogP contribution in [-0.2, 0) is 4.79 Å². The van der Waals surface area contributed by atoms with E-state index in [4.69, 9.17) is 0 Å². The number of carbonyl (C=O) groups is 2. The maximum Gasteiger partial charge on any atom is 0.255 e. The molecule has 3 heterocycles. The number of hydrogen-bond acceptors (Lipinski definition) is 3. The highest BCUT2D eigenvalue weighted by Gasteiger charge is 2.40. The number of amides is 2. The van der Waals surface area contributed by atoms with Gasteiger partial charge in [0, 0.05) is 35.1 Å². The average molecular weight is 493 g/mol. The lowest BCUT2D eigenvalue weighted by atomic mass is 9.93. The van der Waals surface area contributed by atoms with Crippen molar-refractivity contribution in [3.8, 4) is 11.3 Å². The second-order valence-electron chi connectivity index (χ2n) is 10.1. The number of aryl methyl sites for hydroxylation is 1. The Morgan fingerprint density at radius 3 is 2.51 bits per heavy atom. The summed E-state index contributed by atoms with van der Waals surface area (Å²) >= 11 is 0. The second kappa shape index (κ2) is 9.87. The maximum absolute atomic E-state index is 13.7. The molecule has 1 atom stereocenters. The van der Waals surface area contributed by atoms with Crippen LogP contribution in [0, 0.1) is 6.92 Å². The van der Waals surface area contributed by atoms with Gasteiger partial charge < -0.3 is 20.1 Å². The first kappa shape index (κ1) is 23.5. The van der Waals surface area contributed by atoms with Crippen molar-refractivity contribution >= 4 is 22.7 Å². The largest absolute Gasteiger partial charge is 0.354 e. The van der Waals surface area contributed by atoms with Crippen LogP contribution in [0.25, 0.3) is 22.2 Å². The fourth-order valence-corrected chi connectivity index (χ4v) is 5.81. The summed E-state index contributed by atoms with van der Waals surface area (Å²) in [5, 5.41) is 4.12. The molecule has 1 unspecified atom stereocenters. The average Bonchev–Trinajstić information content (AvgIpc) is 3.62. The zero-order chi connectivity index (χ0) is 25.4. The highest BCUT2D eigenvalue weighted by atomic mass is 16.2. The van der Waals surface area contributed by atoms with E-state index in [-0.39, 0.29) is 24.4 Å². The van der Waals surface area contributed by atoms with E-state index in [1.807, 2.05) is 36.4 Å². The van der Waals surface area contributed by atoms with Gasteiger partial charge >= 0.3 is 0 Å². The topological polar surface area (TPSA) is 68.4 Å². The predicted molar refractivity (Wildman–Crippen MR) is 146 cm³/mol. The van der Waals surface area contributed by atoms with Crippen LogP contribution in [0.5, 0.6) is 0 Å². The quantitative estimate of drug-likeness (QED) is 0.386. The number of carbonyl (C=O) groups excluding carboxylic acids is 2. The molecule has 37 heavy (non-hydrogen) atoms. The van der Waals surface area contributed by atoms with Crippen molar-refractivity contribution in [2.45, 2.75) is 25.8 Å². The van der Waals surface area contributed by atoms with Gasteiger partial charge in [-0.15, -0.1) is 0 Å². The van der Waals surface area contributed by atoms with E-state index in [9.17, 15) is 9.59 Å². The summed E-state index contributed by atoms with van der Waals surface area (Å²) in [4.78, 5) is 34.5. The van der Waals surface area contributed by atoms with Gasteiger partial charge in [0.25, 0.3) is 5.91 Å². The summed E-state index contributed by atoms with van der Waals surface area (Å²) in [7, 11) is 0. The minimum atomic E-state index is -0.361. The molecule has 0 radical (unpaired) electrons. The molecule has 2 amide bonds. The van der Waals surface area contributed by atoms with Crippen LogP contribution in [0.4, 0.5) is 0 Å². The first-order chi connectivity index (χ1) is 18.1. The minimum Gasteiger partial charge on any atom is -0.354 e. The first-order valence-electron chi connectivity index (χ1n) is 13.2. The SMILES string of the molecule is Cc1ccc(-c2[nH]c3ccccc3c2C2c3ccccc3C(=O)N2CC(=O)NCCN2CCCC2)cc1. The Morgan fingerprint density at radius 2 is 1.70 bits per heavy atom. The number of benzene rings is 3. The number of likely N-dealkylation sites (tertiary alicyclic amines) is 1. The molecule has 1 aromatic heterocycles. The van der Waals surface area contributed by atoms with Crippen LogP contribution >= 0.6 is 0 Å². The van der Waals surface area contributed by atoms with Gasteiger partial charge in [0.05, 0.1) is 11.7 Å². The number of hydrogen-bond donors (Lipinski definition) is 2. The predicted octanol–water partition coefficient (Wildman–Crippen LogP) is 4.90. The lowest BCUT2D eigenvalue weighted by molar-refractivity contribution is -0.122.